The zero-order valence-electron chi connectivity index (χ0n) is 8.86. The Hall–Kier alpha value is -1.33. The molecule has 0 aliphatic heterocycles. The average Bonchev–Trinajstić information content (AvgIpc) is 1.96. The van der Waals surface area contributed by atoms with Gasteiger partial charge in [0.1, 0.15) is 5.60 Å². The number of carbonyl (C=O) groups is 1. The van der Waals surface area contributed by atoms with Gasteiger partial charge in [-0.05, 0) is 20.8 Å². The van der Waals surface area contributed by atoms with Gasteiger partial charge in [-0.3, -0.25) is 10.1 Å². The minimum Gasteiger partial charge on any atom is -0.444 e. The number of alkyl carbamates (subject to hydrolysis) is 1. The van der Waals surface area contributed by atoms with Crippen LogP contribution in [0.5, 0.6) is 0 Å². The number of hydrogen-bond donors (Lipinski definition) is 1. The SMILES string of the molecule is CC(CNC(=O)OC(C)(C)C)[N+](=O)[O-]. The van der Waals surface area contributed by atoms with Crippen molar-refractivity contribution in [3.8, 4) is 0 Å². The molecule has 6 heteroatoms. The van der Waals surface area contributed by atoms with Crippen LogP contribution in [0.15, 0.2) is 0 Å². The van der Waals surface area contributed by atoms with Crippen LogP contribution in [0.2, 0.25) is 0 Å². The number of ether oxygens (including phenoxy) is 1. The van der Waals surface area contributed by atoms with Crippen LogP contribution in [-0.4, -0.2) is 29.2 Å². The van der Waals surface area contributed by atoms with E-state index in [2.05, 4.69) is 5.32 Å². The fraction of sp³-hybridized carbons (Fsp3) is 0.875. The van der Waals surface area contributed by atoms with E-state index >= 15 is 0 Å². The van der Waals surface area contributed by atoms with Gasteiger partial charge in [-0.25, -0.2) is 4.79 Å². The monoisotopic (exact) mass is 204 g/mol. The summed E-state index contributed by atoms with van der Waals surface area (Å²) in [6.07, 6.45) is -0.633. The van der Waals surface area contributed by atoms with Crippen molar-refractivity contribution in [2.24, 2.45) is 0 Å². The second kappa shape index (κ2) is 4.78. The molecule has 0 rings (SSSR count). The zero-order chi connectivity index (χ0) is 11.4. The lowest BCUT2D eigenvalue weighted by Crippen LogP contribution is -2.38. The molecule has 0 radical (unpaired) electrons. The van der Waals surface area contributed by atoms with E-state index in [1.807, 2.05) is 0 Å². The first kappa shape index (κ1) is 12.7. The summed E-state index contributed by atoms with van der Waals surface area (Å²) in [5, 5.41) is 12.5. The molecule has 6 nitrogen and oxygen atoms in total. The van der Waals surface area contributed by atoms with Gasteiger partial charge in [0.05, 0.1) is 6.54 Å². The van der Waals surface area contributed by atoms with Gasteiger partial charge in [0.25, 0.3) is 0 Å². The average molecular weight is 204 g/mol. The summed E-state index contributed by atoms with van der Waals surface area (Å²) in [5.74, 6) is 0. The van der Waals surface area contributed by atoms with E-state index < -0.39 is 22.7 Å². The van der Waals surface area contributed by atoms with Crippen LogP contribution in [0.25, 0.3) is 0 Å². The highest BCUT2D eigenvalue weighted by atomic mass is 16.6. The molecule has 0 spiro atoms. The molecule has 1 amide bonds. The van der Waals surface area contributed by atoms with E-state index in [1.54, 1.807) is 20.8 Å². The molecule has 0 heterocycles. The number of amides is 1. The normalized spacial score (nSPS) is 13.1. The first-order valence-corrected chi connectivity index (χ1v) is 4.32. The minimum atomic E-state index is -0.803. The van der Waals surface area contributed by atoms with E-state index in [4.69, 9.17) is 4.74 Å². The number of nitrogens with zero attached hydrogens (tertiary/aromatic N) is 1. The Morgan fingerprint density at radius 1 is 1.57 bits per heavy atom. The lowest BCUT2D eigenvalue weighted by atomic mass is 10.2. The Labute approximate surface area is 82.8 Å². The quantitative estimate of drug-likeness (QED) is 0.552. The molecule has 1 atom stereocenters. The first-order chi connectivity index (χ1) is 6.22. The molecule has 0 aromatic rings. The predicted octanol–water partition coefficient (Wildman–Crippen LogP) is 1.18. The summed E-state index contributed by atoms with van der Waals surface area (Å²) in [4.78, 5) is 20.8. The molecule has 0 aliphatic carbocycles. The van der Waals surface area contributed by atoms with Crippen LogP contribution >= 0.6 is 0 Å². The minimum absolute atomic E-state index is 0.0259. The molecule has 0 fully saturated rings. The van der Waals surface area contributed by atoms with Gasteiger partial charge in [-0.15, -0.1) is 0 Å². The zero-order valence-corrected chi connectivity index (χ0v) is 8.86. The molecule has 14 heavy (non-hydrogen) atoms. The largest absolute Gasteiger partial charge is 0.444 e. The van der Waals surface area contributed by atoms with E-state index in [0.717, 1.165) is 0 Å². The fourth-order valence-electron chi connectivity index (χ4n) is 0.620. The standard InChI is InChI=1S/C8H16N2O4/c1-6(10(12)13)5-9-7(11)14-8(2,3)4/h6H,5H2,1-4H3,(H,9,11). The third-order valence-corrected chi connectivity index (χ3v) is 1.30. The third-order valence-electron chi connectivity index (χ3n) is 1.30. The Kier molecular flexibility index (Phi) is 4.33. The number of carbonyl (C=O) groups excluding carboxylic acids is 1. The maximum atomic E-state index is 11.0. The molecule has 0 saturated heterocycles. The number of rotatable bonds is 3. The smallest absolute Gasteiger partial charge is 0.407 e. The van der Waals surface area contributed by atoms with Crippen molar-refractivity contribution in [3.63, 3.8) is 0 Å². The maximum absolute atomic E-state index is 11.0. The van der Waals surface area contributed by atoms with E-state index in [0.29, 0.717) is 0 Å². The summed E-state index contributed by atoms with van der Waals surface area (Å²) in [7, 11) is 0. The Morgan fingerprint density at radius 3 is 2.43 bits per heavy atom. The summed E-state index contributed by atoms with van der Waals surface area (Å²) in [6, 6.07) is -0.803. The maximum Gasteiger partial charge on any atom is 0.407 e. The van der Waals surface area contributed by atoms with Crippen molar-refractivity contribution in [1.82, 2.24) is 5.32 Å². The molecule has 1 N–H and O–H groups in total. The third kappa shape index (κ3) is 6.22. The Morgan fingerprint density at radius 2 is 2.07 bits per heavy atom. The van der Waals surface area contributed by atoms with Crippen molar-refractivity contribution in [3.05, 3.63) is 10.1 Å². The summed E-state index contributed by atoms with van der Waals surface area (Å²) in [5.41, 5.74) is -0.581. The summed E-state index contributed by atoms with van der Waals surface area (Å²) in [6.45, 7) is 6.57. The van der Waals surface area contributed by atoms with Crippen LogP contribution in [0, 0.1) is 10.1 Å². The lowest BCUT2D eigenvalue weighted by molar-refractivity contribution is -0.515. The van der Waals surface area contributed by atoms with Gasteiger partial charge < -0.3 is 10.1 Å². The molecule has 1 unspecified atom stereocenters. The molecule has 0 saturated carbocycles. The topological polar surface area (TPSA) is 81.5 Å². The van der Waals surface area contributed by atoms with E-state index in [1.165, 1.54) is 6.92 Å². The van der Waals surface area contributed by atoms with E-state index in [-0.39, 0.29) is 6.54 Å². The van der Waals surface area contributed by atoms with Crippen molar-refractivity contribution in [2.75, 3.05) is 6.54 Å². The van der Waals surface area contributed by atoms with Gasteiger partial charge in [-0.1, -0.05) is 0 Å². The van der Waals surface area contributed by atoms with Crippen molar-refractivity contribution in [2.45, 2.75) is 39.3 Å². The Balaban J connectivity index is 3.81. The molecular weight excluding hydrogens is 188 g/mol. The van der Waals surface area contributed by atoms with Gasteiger partial charge in [0.2, 0.25) is 6.04 Å². The van der Waals surface area contributed by atoms with Crippen LogP contribution in [-0.2, 0) is 4.74 Å². The predicted molar refractivity (Wildman–Crippen MR) is 50.7 cm³/mol. The van der Waals surface area contributed by atoms with Crippen molar-refractivity contribution in [1.29, 1.82) is 0 Å². The molecular formula is C8H16N2O4. The number of hydrogen-bond acceptors (Lipinski definition) is 4. The Bertz CT molecular complexity index is 222. The van der Waals surface area contributed by atoms with Crippen LogP contribution < -0.4 is 5.32 Å². The van der Waals surface area contributed by atoms with Crippen LogP contribution in [0.3, 0.4) is 0 Å². The van der Waals surface area contributed by atoms with E-state index in [9.17, 15) is 14.9 Å². The molecule has 0 bridgehead atoms. The highest BCUT2D eigenvalue weighted by molar-refractivity contribution is 5.67. The fourth-order valence-corrected chi connectivity index (χ4v) is 0.620. The van der Waals surface area contributed by atoms with Gasteiger partial charge >= 0.3 is 6.09 Å². The lowest BCUT2D eigenvalue weighted by Gasteiger charge is -2.19. The first-order valence-electron chi connectivity index (χ1n) is 4.32. The summed E-state index contributed by atoms with van der Waals surface area (Å²) >= 11 is 0. The molecule has 0 aromatic carbocycles. The highest BCUT2D eigenvalue weighted by Crippen LogP contribution is 2.06. The molecule has 0 aliphatic rings. The van der Waals surface area contributed by atoms with Gasteiger partial charge in [-0.2, -0.15) is 0 Å². The van der Waals surface area contributed by atoms with Crippen LogP contribution in [0.4, 0.5) is 4.79 Å². The number of nitro groups is 1. The number of nitrogens with one attached hydrogen (secondary N) is 1. The molecule has 0 aromatic heterocycles. The highest BCUT2D eigenvalue weighted by Gasteiger charge is 2.18. The summed E-state index contributed by atoms with van der Waals surface area (Å²) < 4.78 is 4.90. The van der Waals surface area contributed by atoms with Gasteiger partial charge in [0.15, 0.2) is 0 Å². The second-order valence-corrected chi connectivity index (χ2v) is 4.02. The van der Waals surface area contributed by atoms with Crippen molar-refractivity contribution < 1.29 is 14.5 Å². The van der Waals surface area contributed by atoms with Crippen molar-refractivity contribution >= 4 is 6.09 Å². The second-order valence-electron chi connectivity index (χ2n) is 4.02. The van der Waals surface area contributed by atoms with Gasteiger partial charge in [0, 0.05) is 11.8 Å². The van der Waals surface area contributed by atoms with Crippen LogP contribution in [0.1, 0.15) is 27.7 Å². The molecule has 82 valence electrons.